The number of aromatic nitrogens is 2. The van der Waals surface area contributed by atoms with Gasteiger partial charge in [-0.1, -0.05) is 47.5 Å². The maximum Gasteiger partial charge on any atom is 0.265 e. The highest BCUT2D eigenvalue weighted by Gasteiger charge is 2.24. The summed E-state index contributed by atoms with van der Waals surface area (Å²) in [6.07, 6.45) is 4.04. The average Bonchev–Trinajstić information content (AvgIpc) is 3.38. The molecule has 0 fully saturated rings. The number of halogens is 3. The lowest BCUT2D eigenvalue weighted by Crippen LogP contribution is -2.15. The quantitative estimate of drug-likeness (QED) is 0.250. The first-order chi connectivity index (χ1) is 16.8. The first kappa shape index (κ1) is 23.5. The second kappa shape index (κ2) is 9.11. The van der Waals surface area contributed by atoms with Crippen LogP contribution < -0.4 is 9.46 Å². The number of aromatic amines is 1. The smallest absolute Gasteiger partial charge is 0.265 e. The molecule has 0 amide bonds. The van der Waals surface area contributed by atoms with E-state index >= 15 is 4.39 Å². The lowest BCUT2D eigenvalue weighted by atomic mass is 10.1. The topological polar surface area (TPSA) is 76.1 Å². The Morgan fingerprint density at radius 2 is 1.86 bits per heavy atom. The van der Waals surface area contributed by atoms with Crippen molar-refractivity contribution in [2.24, 2.45) is 7.05 Å². The summed E-state index contributed by atoms with van der Waals surface area (Å²) < 4.78 is 51.5. The Balaban J connectivity index is 1.37. The Morgan fingerprint density at radius 1 is 1.06 bits per heavy atom. The van der Waals surface area contributed by atoms with Crippen molar-refractivity contribution in [1.82, 2.24) is 9.55 Å². The van der Waals surface area contributed by atoms with Gasteiger partial charge in [0.05, 0.1) is 27.9 Å². The Kier molecular flexibility index (Phi) is 6.13. The van der Waals surface area contributed by atoms with E-state index in [2.05, 4.69) is 9.71 Å². The first-order valence-electron chi connectivity index (χ1n) is 10.7. The minimum atomic E-state index is -4.28. The van der Waals surface area contributed by atoms with E-state index in [1.807, 2.05) is 42.1 Å². The lowest BCUT2D eigenvalue weighted by Gasteiger charge is -2.13. The van der Waals surface area contributed by atoms with Crippen molar-refractivity contribution in [1.29, 1.82) is 0 Å². The molecule has 3 aromatic carbocycles. The number of H-pyrrole nitrogens is 1. The molecular formula is C25H20Cl2FN3O3S. The number of hydrogen-bond acceptors (Lipinski definition) is 3. The van der Waals surface area contributed by atoms with Gasteiger partial charge in [0.25, 0.3) is 10.0 Å². The van der Waals surface area contributed by atoms with Crippen LogP contribution in [0.2, 0.25) is 10.0 Å². The number of nitrogens with one attached hydrogen (secondary N) is 2. The number of para-hydroxylation sites is 1. The summed E-state index contributed by atoms with van der Waals surface area (Å²) in [5.41, 5.74) is 2.74. The fourth-order valence-electron chi connectivity index (χ4n) is 4.16. The molecule has 0 radical (unpaired) electrons. The van der Waals surface area contributed by atoms with Crippen LogP contribution in [0.5, 0.6) is 5.75 Å². The molecule has 0 atom stereocenters. The number of benzene rings is 3. The number of nitrogens with zero attached hydrogens (tertiary/aromatic N) is 1. The molecule has 0 saturated heterocycles. The lowest BCUT2D eigenvalue weighted by molar-refractivity contribution is 0.302. The van der Waals surface area contributed by atoms with Crippen molar-refractivity contribution in [2.75, 3.05) is 11.3 Å². The number of hydrogen-bond donors (Lipinski definition) is 2. The van der Waals surface area contributed by atoms with Crippen molar-refractivity contribution < 1.29 is 17.5 Å². The van der Waals surface area contributed by atoms with Crippen molar-refractivity contribution >= 4 is 60.7 Å². The summed E-state index contributed by atoms with van der Waals surface area (Å²) in [5.74, 6) is -1.11. The van der Waals surface area contributed by atoms with Gasteiger partial charge in [0.1, 0.15) is 4.90 Å². The Hall–Kier alpha value is -3.20. The maximum atomic E-state index is 15.2. The fraction of sp³-hybridized carbons (Fsp3) is 0.120. The number of aryl methyl sites for hydroxylation is 1. The molecule has 2 aromatic heterocycles. The molecule has 2 N–H and O–H groups in total. The predicted octanol–water partition coefficient (Wildman–Crippen LogP) is 6.53. The molecule has 5 rings (SSSR count). The van der Waals surface area contributed by atoms with Gasteiger partial charge in [-0.3, -0.25) is 4.72 Å². The van der Waals surface area contributed by atoms with Crippen LogP contribution in [0.3, 0.4) is 0 Å². The molecule has 0 aliphatic heterocycles. The van der Waals surface area contributed by atoms with E-state index < -0.39 is 20.7 Å². The number of ether oxygens (including phenoxy) is 1. The third-order valence-corrected chi connectivity index (χ3v) is 7.80. The highest BCUT2D eigenvalue weighted by molar-refractivity contribution is 7.92. The SMILES string of the molecule is Cn1cc(CCOc2cccc(S(=O)(=O)Nc3ccc(Cl)c4c(Cl)c[nH]c34)c2F)c2ccccc21. The van der Waals surface area contributed by atoms with E-state index in [1.54, 1.807) is 0 Å². The molecule has 0 unspecified atom stereocenters. The summed E-state index contributed by atoms with van der Waals surface area (Å²) >= 11 is 12.3. The van der Waals surface area contributed by atoms with Gasteiger partial charge in [0.15, 0.2) is 11.6 Å². The van der Waals surface area contributed by atoms with Gasteiger partial charge in [-0.25, -0.2) is 12.8 Å². The molecule has 5 aromatic rings. The predicted molar refractivity (Wildman–Crippen MR) is 138 cm³/mol. The minimum Gasteiger partial charge on any atom is -0.490 e. The van der Waals surface area contributed by atoms with Crippen molar-refractivity contribution in [3.8, 4) is 5.75 Å². The van der Waals surface area contributed by atoms with Gasteiger partial charge in [-0.15, -0.1) is 0 Å². The van der Waals surface area contributed by atoms with E-state index in [9.17, 15) is 8.42 Å². The third-order valence-electron chi connectivity index (χ3n) is 5.81. The summed E-state index contributed by atoms with van der Waals surface area (Å²) in [7, 11) is -2.32. The standard InChI is InChI=1S/C25H20Cl2FN3O3S/c1-31-14-15(16-5-2-3-6-20(16)31)11-12-34-21-7-4-8-22(24(21)28)35(32,33)30-19-10-9-17(26)23-18(27)13-29-25(19)23/h2-10,13-14,29-30H,11-12H2,1H3. The Morgan fingerprint density at radius 3 is 2.69 bits per heavy atom. The molecule has 0 aliphatic carbocycles. The van der Waals surface area contributed by atoms with E-state index in [0.717, 1.165) is 16.5 Å². The Labute approximate surface area is 211 Å². The summed E-state index contributed by atoms with van der Waals surface area (Å²) in [4.78, 5) is 2.36. The molecule has 0 aliphatic rings. The summed E-state index contributed by atoms with van der Waals surface area (Å²) in [6, 6.07) is 15.0. The van der Waals surface area contributed by atoms with Crippen LogP contribution in [0.25, 0.3) is 21.8 Å². The monoisotopic (exact) mass is 531 g/mol. The van der Waals surface area contributed by atoms with Crippen LogP contribution in [-0.4, -0.2) is 24.6 Å². The fourth-order valence-corrected chi connectivity index (χ4v) is 5.88. The third kappa shape index (κ3) is 4.33. The van der Waals surface area contributed by atoms with E-state index in [-0.39, 0.29) is 18.0 Å². The van der Waals surface area contributed by atoms with Crippen LogP contribution >= 0.6 is 23.2 Å². The summed E-state index contributed by atoms with van der Waals surface area (Å²) in [6.45, 7) is 0.181. The molecule has 10 heteroatoms. The van der Waals surface area contributed by atoms with Crippen molar-refractivity contribution in [3.63, 3.8) is 0 Å². The van der Waals surface area contributed by atoms with Crippen molar-refractivity contribution in [3.05, 3.63) is 88.4 Å². The Bertz CT molecular complexity index is 1680. The average molecular weight is 532 g/mol. The molecule has 180 valence electrons. The number of sulfonamides is 1. The van der Waals surface area contributed by atoms with E-state index in [0.29, 0.717) is 27.4 Å². The second-order valence-electron chi connectivity index (χ2n) is 8.04. The molecule has 0 bridgehead atoms. The van der Waals surface area contributed by atoms with Crippen LogP contribution in [0.1, 0.15) is 5.56 Å². The van der Waals surface area contributed by atoms with Gasteiger partial charge < -0.3 is 14.3 Å². The number of rotatable bonds is 7. The van der Waals surface area contributed by atoms with E-state index in [1.165, 1.54) is 36.5 Å². The zero-order valence-corrected chi connectivity index (χ0v) is 20.8. The molecule has 6 nitrogen and oxygen atoms in total. The normalized spacial score (nSPS) is 11.9. The molecule has 35 heavy (non-hydrogen) atoms. The van der Waals surface area contributed by atoms with Crippen LogP contribution in [0.4, 0.5) is 10.1 Å². The first-order valence-corrected chi connectivity index (χ1v) is 12.9. The molecular weight excluding hydrogens is 512 g/mol. The highest BCUT2D eigenvalue weighted by atomic mass is 35.5. The number of fused-ring (bicyclic) bond motifs is 2. The van der Waals surface area contributed by atoms with Gasteiger partial charge in [0, 0.05) is 42.2 Å². The largest absolute Gasteiger partial charge is 0.490 e. The maximum absolute atomic E-state index is 15.2. The zero-order chi connectivity index (χ0) is 24.7. The summed E-state index contributed by atoms with van der Waals surface area (Å²) in [5, 5.41) is 2.28. The highest BCUT2D eigenvalue weighted by Crippen LogP contribution is 2.36. The molecule has 0 spiro atoms. The van der Waals surface area contributed by atoms with Crippen LogP contribution in [0, 0.1) is 5.82 Å². The van der Waals surface area contributed by atoms with Crippen molar-refractivity contribution in [2.45, 2.75) is 11.3 Å². The van der Waals surface area contributed by atoms with Gasteiger partial charge in [0.2, 0.25) is 0 Å². The van der Waals surface area contributed by atoms with Gasteiger partial charge in [-0.05, 0) is 35.9 Å². The zero-order valence-electron chi connectivity index (χ0n) is 18.5. The minimum absolute atomic E-state index is 0.141. The number of anilines is 1. The van der Waals surface area contributed by atoms with Crippen LogP contribution in [-0.2, 0) is 23.5 Å². The van der Waals surface area contributed by atoms with Crippen LogP contribution in [0.15, 0.2) is 71.9 Å². The molecule has 0 saturated carbocycles. The van der Waals surface area contributed by atoms with E-state index in [4.69, 9.17) is 27.9 Å². The molecule has 2 heterocycles. The van der Waals surface area contributed by atoms with Gasteiger partial charge >= 0.3 is 0 Å². The second-order valence-corrected chi connectivity index (χ2v) is 10.5. The van der Waals surface area contributed by atoms with Gasteiger partial charge in [-0.2, -0.15) is 0 Å².